The Morgan fingerprint density at radius 1 is 1.41 bits per heavy atom. The summed E-state index contributed by atoms with van der Waals surface area (Å²) in [6.45, 7) is 2.08. The Balaban J connectivity index is 2.40. The van der Waals surface area contributed by atoms with Crippen LogP contribution in [-0.2, 0) is 10.5 Å². The molecule has 1 N–H and O–H groups in total. The minimum atomic E-state index is -1.19. The van der Waals surface area contributed by atoms with Crippen molar-refractivity contribution >= 4 is 17.9 Å². The molecule has 0 aliphatic heterocycles. The largest absolute Gasteiger partial charge is 0.506 e. The molecule has 3 nitrogen and oxygen atoms in total. The lowest BCUT2D eigenvalue weighted by atomic mass is 10.2. The standard InChI is InChI=1S/C13H18O3S/c1-2-3-9-12(16-13(14)15)17-10-11-7-5-4-6-8-11/h4-8,12H,2-3,9-10H2,1H3,(H,14,15). The molecule has 1 rings (SSSR count). The number of hydrogen-bond donors (Lipinski definition) is 1. The molecule has 0 fully saturated rings. The average molecular weight is 254 g/mol. The van der Waals surface area contributed by atoms with Crippen molar-refractivity contribution in [3.63, 3.8) is 0 Å². The van der Waals surface area contributed by atoms with E-state index in [9.17, 15) is 4.79 Å². The van der Waals surface area contributed by atoms with Crippen molar-refractivity contribution in [2.45, 2.75) is 37.4 Å². The maximum atomic E-state index is 10.5. The minimum Gasteiger partial charge on any atom is -0.450 e. The average Bonchev–Trinajstić information content (AvgIpc) is 2.33. The monoisotopic (exact) mass is 254 g/mol. The van der Waals surface area contributed by atoms with E-state index in [1.807, 2.05) is 30.3 Å². The highest BCUT2D eigenvalue weighted by atomic mass is 32.2. The van der Waals surface area contributed by atoms with Gasteiger partial charge in [0.1, 0.15) is 0 Å². The molecule has 0 heterocycles. The summed E-state index contributed by atoms with van der Waals surface area (Å²) in [7, 11) is 0. The van der Waals surface area contributed by atoms with Gasteiger partial charge in [-0.1, -0.05) is 43.7 Å². The molecule has 1 aromatic rings. The van der Waals surface area contributed by atoms with Crippen molar-refractivity contribution in [3.05, 3.63) is 35.9 Å². The van der Waals surface area contributed by atoms with Gasteiger partial charge in [0, 0.05) is 5.75 Å². The normalized spacial score (nSPS) is 12.1. The van der Waals surface area contributed by atoms with Crippen molar-refractivity contribution in [3.8, 4) is 0 Å². The van der Waals surface area contributed by atoms with Gasteiger partial charge in [0.05, 0.1) is 0 Å². The van der Waals surface area contributed by atoms with Gasteiger partial charge < -0.3 is 9.84 Å². The molecule has 0 saturated carbocycles. The van der Waals surface area contributed by atoms with Crippen LogP contribution in [0.5, 0.6) is 0 Å². The number of ether oxygens (including phenoxy) is 1. The van der Waals surface area contributed by atoms with Gasteiger partial charge in [-0.2, -0.15) is 0 Å². The molecule has 0 aliphatic carbocycles. The molecule has 0 amide bonds. The van der Waals surface area contributed by atoms with Crippen LogP contribution >= 0.6 is 11.8 Å². The van der Waals surface area contributed by atoms with E-state index in [-0.39, 0.29) is 5.44 Å². The topological polar surface area (TPSA) is 46.5 Å². The summed E-state index contributed by atoms with van der Waals surface area (Å²) >= 11 is 1.54. The maximum Gasteiger partial charge on any atom is 0.506 e. The lowest BCUT2D eigenvalue weighted by molar-refractivity contribution is 0.0791. The highest BCUT2D eigenvalue weighted by Crippen LogP contribution is 2.23. The SMILES string of the molecule is CCCCC(OC(=O)O)SCc1ccccc1. The van der Waals surface area contributed by atoms with Crippen LogP contribution in [0.15, 0.2) is 30.3 Å². The van der Waals surface area contributed by atoms with E-state index in [2.05, 4.69) is 6.92 Å². The predicted molar refractivity (Wildman–Crippen MR) is 70.2 cm³/mol. The van der Waals surface area contributed by atoms with E-state index in [0.29, 0.717) is 0 Å². The molecule has 1 atom stereocenters. The van der Waals surface area contributed by atoms with E-state index >= 15 is 0 Å². The lowest BCUT2D eigenvalue weighted by Crippen LogP contribution is -2.13. The van der Waals surface area contributed by atoms with Crippen molar-refractivity contribution < 1.29 is 14.6 Å². The van der Waals surface area contributed by atoms with Crippen LogP contribution in [0, 0.1) is 0 Å². The zero-order valence-electron chi connectivity index (χ0n) is 9.96. The molecule has 0 aliphatic rings. The van der Waals surface area contributed by atoms with Gasteiger partial charge in [-0.05, 0) is 18.4 Å². The van der Waals surface area contributed by atoms with Crippen LogP contribution in [0.3, 0.4) is 0 Å². The van der Waals surface area contributed by atoms with E-state index < -0.39 is 6.16 Å². The Kier molecular flexibility index (Phi) is 6.55. The summed E-state index contributed by atoms with van der Waals surface area (Å²) in [6, 6.07) is 10.00. The van der Waals surface area contributed by atoms with Crippen LogP contribution < -0.4 is 0 Å². The van der Waals surface area contributed by atoms with Gasteiger partial charge >= 0.3 is 6.16 Å². The second kappa shape index (κ2) is 8.01. The summed E-state index contributed by atoms with van der Waals surface area (Å²) in [5, 5.41) is 8.64. The second-order valence-corrected chi connectivity index (χ2v) is 4.90. The fraction of sp³-hybridized carbons (Fsp3) is 0.462. The first-order valence-electron chi connectivity index (χ1n) is 5.77. The van der Waals surface area contributed by atoms with Crippen LogP contribution in [-0.4, -0.2) is 16.7 Å². The Morgan fingerprint density at radius 3 is 2.71 bits per heavy atom. The van der Waals surface area contributed by atoms with E-state index in [1.54, 1.807) is 0 Å². The van der Waals surface area contributed by atoms with Crippen molar-refractivity contribution in [1.82, 2.24) is 0 Å². The quantitative estimate of drug-likeness (QED) is 0.587. The first-order chi connectivity index (χ1) is 8.22. The van der Waals surface area contributed by atoms with Gasteiger partial charge in [0.15, 0.2) is 5.44 Å². The predicted octanol–water partition coefficient (Wildman–Crippen LogP) is 4.13. The van der Waals surface area contributed by atoms with Gasteiger partial charge in [-0.25, -0.2) is 4.79 Å². The molecular formula is C13H18O3S. The Labute approximate surface area is 106 Å². The number of unbranched alkanes of at least 4 members (excludes halogenated alkanes) is 1. The molecular weight excluding hydrogens is 236 g/mol. The molecule has 1 unspecified atom stereocenters. The van der Waals surface area contributed by atoms with Gasteiger partial charge in [-0.3, -0.25) is 0 Å². The summed E-state index contributed by atoms with van der Waals surface area (Å²) in [5.74, 6) is 0.780. The van der Waals surface area contributed by atoms with E-state index in [1.165, 1.54) is 17.3 Å². The highest BCUT2D eigenvalue weighted by molar-refractivity contribution is 7.99. The smallest absolute Gasteiger partial charge is 0.450 e. The maximum absolute atomic E-state index is 10.5. The third-order valence-electron chi connectivity index (χ3n) is 2.30. The Hall–Kier alpha value is -1.16. The summed E-state index contributed by atoms with van der Waals surface area (Å²) in [4.78, 5) is 10.5. The minimum absolute atomic E-state index is 0.257. The number of thioether (sulfide) groups is 1. The lowest BCUT2D eigenvalue weighted by Gasteiger charge is -2.14. The highest BCUT2D eigenvalue weighted by Gasteiger charge is 2.13. The summed E-state index contributed by atoms with van der Waals surface area (Å²) in [6.07, 6.45) is 1.62. The molecule has 0 radical (unpaired) electrons. The number of carboxylic acid groups (broad SMARTS) is 1. The third kappa shape index (κ3) is 6.22. The molecule has 1 aromatic carbocycles. The Morgan fingerprint density at radius 2 is 2.12 bits per heavy atom. The summed E-state index contributed by atoms with van der Waals surface area (Å²) in [5.41, 5.74) is 0.931. The summed E-state index contributed by atoms with van der Waals surface area (Å²) < 4.78 is 4.85. The molecule has 94 valence electrons. The Bertz CT molecular complexity index is 327. The fourth-order valence-corrected chi connectivity index (χ4v) is 2.48. The van der Waals surface area contributed by atoms with Crippen LogP contribution in [0.2, 0.25) is 0 Å². The van der Waals surface area contributed by atoms with Gasteiger partial charge in [0.25, 0.3) is 0 Å². The zero-order chi connectivity index (χ0) is 12.5. The molecule has 17 heavy (non-hydrogen) atoms. The molecule has 0 bridgehead atoms. The molecule has 0 aromatic heterocycles. The molecule has 4 heteroatoms. The van der Waals surface area contributed by atoms with Crippen molar-refractivity contribution in [2.75, 3.05) is 0 Å². The second-order valence-electron chi connectivity index (χ2n) is 3.75. The van der Waals surface area contributed by atoms with Crippen LogP contribution in [0.25, 0.3) is 0 Å². The molecule has 0 saturated heterocycles. The van der Waals surface area contributed by atoms with Crippen molar-refractivity contribution in [1.29, 1.82) is 0 Å². The number of hydrogen-bond acceptors (Lipinski definition) is 3. The zero-order valence-corrected chi connectivity index (χ0v) is 10.8. The van der Waals surface area contributed by atoms with E-state index in [4.69, 9.17) is 9.84 Å². The van der Waals surface area contributed by atoms with Crippen molar-refractivity contribution in [2.24, 2.45) is 0 Å². The number of rotatable bonds is 7. The van der Waals surface area contributed by atoms with Crippen LogP contribution in [0.4, 0.5) is 4.79 Å². The molecule has 0 spiro atoms. The first kappa shape index (κ1) is 13.9. The van der Waals surface area contributed by atoms with Gasteiger partial charge in [0.2, 0.25) is 0 Å². The third-order valence-corrected chi connectivity index (χ3v) is 3.51. The fourth-order valence-electron chi connectivity index (χ4n) is 1.42. The number of benzene rings is 1. The van der Waals surface area contributed by atoms with Gasteiger partial charge in [-0.15, -0.1) is 11.8 Å². The van der Waals surface area contributed by atoms with Crippen LogP contribution in [0.1, 0.15) is 31.7 Å². The van der Waals surface area contributed by atoms with E-state index in [0.717, 1.165) is 25.0 Å². The first-order valence-corrected chi connectivity index (χ1v) is 6.82. The number of carbonyl (C=O) groups is 1.